The van der Waals surface area contributed by atoms with Crippen LogP contribution in [-0.4, -0.2) is 111 Å². The van der Waals surface area contributed by atoms with Crippen LogP contribution in [0.5, 0.6) is 0 Å². The fraction of sp³-hybridized carbons (Fsp3) is 0.436. The van der Waals surface area contributed by atoms with Crippen LogP contribution < -0.4 is 16.0 Å². The number of amidine groups is 1. The molecule has 1 saturated heterocycles. The SMILES string of the molecule is CN(CCOCCOCCOCCC(=O)O)Cc1cccc(C(=O)Nc2ccc(N3CCCCC3)cc2C(=O)N=C(N)CC=Nc2cccc(C(F)(F)F)c2)n1. The summed E-state index contributed by atoms with van der Waals surface area (Å²) in [6.07, 6.45) is -0.252. The lowest BCUT2D eigenvalue weighted by atomic mass is 10.1. The Hall–Kier alpha value is -5.23. The highest BCUT2D eigenvalue weighted by atomic mass is 19.4. The number of nitrogens with one attached hydrogen (secondary N) is 1. The zero-order valence-corrected chi connectivity index (χ0v) is 31.3. The van der Waals surface area contributed by atoms with Crippen molar-refractivity contribution < 1.29 is 46.9 Å². The number of carboxylic acids is 1. The summed E-state index contributed by atoms with van der Waals surface area (Å²) >= 11 is 0. The predicted octanol–water partition coefficient (Wildman–Crippen LogP) is 5.59. The largest absolute Gasteiger partial charge is 0.481 e. The first-order chi connectivity index (χ1) is 26.9. The number of halogens is 3. The third-order valence-corrected chi connectivity index (χ3v) is 8.46. The van der Waals surface area contributed by atoms with Gasteiger partial charge in [0.2, 0.25) is 0 Å². The molecule has 302 valence electrons. The van der Waals surface area contributed by atoms with E-state index in [0.29, 0.717) is 51.8 Å². The Morgan fingerprint density at radius 1 is 0.946 bits per heavy atom. The van der Waals surface area contributed by atoms with Gasteiger partial charge in [0, 0.05) is 44.5 Å². The molecule has 1 fully saturated rings. The number of aliphatic carboxylic acids is 1. The highest BCUT2D eigenvalue weighted by Gasteiger charge is 2.30. The summed E-state index contributed by atoms with van der Waals surface area (Å²) in [6, 6.07) is 14.8. The zero-order valence-electron chi connectivity index (χ0n) is 31.3. The van der Waals surface area contributed by atoms with Crippen molar-refractivity contribution in [1.29, 1.82) is 0 Å². The lowest BCUT2D eigenvalue weighted by Gasteiger charge is -2.29. The van der Waals surface area contributed by atoms with Crippen LogP contribution in [0.1, 0.15) is 64.2 Å². The lowest BCUT2D eigenvalue weighted by molar-refractivity contribution is -0.139. The van der Waals surface area contributed by atoms with Gasteiger partial charge in [0.25, 0.3) is 11.8 Å². The molecule has 17 heteroatoms. The van der Waals surface area contributed by atoms with Crippen LogP contribution in [0.3, 0.4) is 0 Å². The number of piperidine rings is 1. The smallest absolute Gasteiger partial charge is 0.416 e. The van der Waals surface area contributed by atoms with Gasteiger partial charge in [-0.2, -0.15) is 18.2 Å². The quantitative estimate of drug-likeness (QED) is 0.0696. The summed E-state index contributed by atoms with van der Waals surface area (Å²) in [5.41, 5.74) is 7.21. The Labute approximate surface area is 323 Å². The number of rotatable bonds is 21. The van der Waals surface area contributed by atoms with Gasteiger partial charge in [-0.1, -0.05) is 12.1 Å². The molecule has 0 bridgehead atoms. The van der Waals surface area contributed by atoms with E-state index < -0.39 is 29.5 Å². The Bertz CT molecular complexity index is 1820. The summed E-state index contributed by atoms with van der Waals surface area (Å²) in [4.78, 5) is 54.2. The number of anilines is 2. The molecule has 0 atom stereocenters. The zero-order chi connectivity index (χ0) is 40.3. The highest BCUT2D eigenvalue weighted by molar-refractivity contribution is 6.12. The van der Waals surface area contributed by atoms with Crippen molar-refractivity contribution in [1.82, 2.24) is 9.88 Å². The number of alkyl halides is 3. The molecule has 2 aromatic carbocycles. The predicted molar refractivity (Wildman–Crippen MR) is 206 cm³/mol. The average Bonchev–Trinajstić information content (AvgIpc) is 3.17. The van der Waals surface area contributed by atoms with Gasteiger partial charge in [0.05, 0.1) is 74.3 Å². The molecule has 1 aliphatic rings. The van der Waals surface area contributed by atoms with Crippen LogP contribution in [0, 0.1) is 0 Å². The van der Waals surface area contributed by atoms with Gasteiger partial charge in [0.15, 0.2) is 0 Å². The van der Waals surface area contributed by atoms with E-state index in [4.69, 9.17) is 25.1 Å². The molecular weight excluding hydrogens is 735 g/mol. The first-order valence-electron chi connectivity index (χ1n) is 18.3. The Morgan fingerprint density at radius 3 is 2.36 bits per heavy atom. The van der Waals surface area contributed by atoms with Gasteiger partial charge >= 0.3 is 12.1 Å². The number of hydrogen-bond donors (Lipinski definition) is 3. The molecule has 4 N–H and O–H groups in total. The Balaban J connectivity index is 1.34. The number of aromatic nitrogens is 1. The van der Waals surface area contributed by atoms with Gasteiger partial charge in [-0.15, -0.1) is 0 Å². The van der Waals surface area contributed by atoms with Gasteiger partial charge in [-0.05, 0) is 74.8 Å². The molecule has 56 heavy (non-hydrogen) atoms. The van der Waals surface area contributed by atoms with Gasteiger partial charge in [-0.25, -0.2) is 4.98 Å². The molecule has 0 radical (unpaired) electrons. The number of carbonyl (C=O) groups is 3. The molecule has 1 aromatic heterocycles. The highest BCUT2D eigenvalue weighted by Crippen LogP contribution is 2.31. The Kier molecular flexibility index (Phi) is 17.4. The van der Waals surface area contributed by atoms with Crippen LogP contribution >= 0.6 is 0 Å². The van der Waals surface area contributed by atoms with Gasteiger partial charge < -0.3 is 35.3 Å². The third kappa shape index (κ3) is 15.1. The Morgan fingerprint density at radius 2 is 1.64 bits per heavy atom. The summed E-state index contributed by atoms with van der Waals surface area (Å²) in [7, 11) is 1.90. The van der Waals surface area contributed by atoms with Crippen molar-refractivity contribution in [3.8, 4) is 0 Å². The number of likely N-dealkylation sites (N-methyl/N-ethyl adjacent to an activating group) is 1. The molecule has 3 aromatic rings. The molecule has 2 amide bonds. The number of carboxylic acid groups (broad SMARTS) is 1. The number of nitrogens with zero attached hydrogens (tertiary/aromatic N) is 5. The van der Waals surface area contributed by atoms with E-state index in [0.717, 1.165) is 50.2 Å². The molecule has 0 aliphatic carbocycles. The maximum atomic E-state index is 13.6. The van der Waals surface area contributed by atoms with Crippen LogP contribution in [0.2, 0.25) is 0 Å². The maximum Gasteiger partial charge on any atom is 0.416 e. The second kappa shape index (κ2) is 22.4. The first-order valence-corrected chi connectivity index (χ1v) is 18.3. The normalized spacial score (nSPS) is 13.7. The second-order valence-corrected chi connectivity index (χ2v) is 12.9. The topological polar surface area (TPSA) is 181 Å². The van der Waals surface area contributed by atoms with Gasteiger partial charge in [-0.3, -0.25) is 24.3 Å². The van der Waals surface area contributed by atoms with E-state index in [1.807, 2.05) is 18.0 Å². The number of ether oxygens (including phenoxy) is 3. The number of carbonyl (C=O) groups excluding carboxylic acids is 2. The van der Waals surface area contributed by atoms with Crippen molar-refractivity contribution in [3.05, 3.63) is 83.2 Å². The molecule has 0 unspecified atom stereocenters. The number of benzene rings is 2. The second-order valence-electron chi connectivity index (χ2n) is 12.9. The van der Waals surface area contributed by atoms with Crippen molar-refractivity contribution in [2.45, 2.75) is 44.8 Å². The standard InChI is InChI=1S/C39H48F3N7O7/c1-48(18-20-55-22-24-56-23-21-54-19-14-36(50)51)27-30-9-6-10-34(45-30)38(53)46-33-12-11-31(49-16-3-2-4-17-49)26-32(33)37(52)47-35(43)13-15-44-29-8-5-7-28(25-29)39(40,41)42/h5-12,15,25-26H,2-4,13-14,16-24,27H2,1H3,(H,46,53)(H,50,51)(H2,43,47,52). The van der Waals surface area contributed by atoms with E-state index in [9.17, 15) is 27.6 Å². The minimum absolute atomic E-state index is 0.0475. The van der Waals surface area contributed by atoms with Crippen LogP contribution in [0.15, 0.2) is 70.6 Å². The minimum atomic E-state index is -4.51. The van der Waals surface area contributed by atoms with Crippen LogP contribution in [-0.2, 0) is 31.7 Å². The summed E-state index contributed by atoms with van der Waals surface area (Å²) in [5, 5.41) is 11.4. The fourth-order valence-electron chi connectivity index (χ4n) is 5.57. The van der Waals surface area contributed by atoms with E-state index >= 15 is 0 Å². The number of pyridine rings is 1. The summed E-state index contributed by atoms with van der Waals surface area (Å²) in [5.74, 6) is -2.26. The molecule has 4 rings (SSSR count). The van der Waals surface area contributed by atoms with Crippen molar-refractivity contribution in [2.24, 2.45) is 15.7 Å². The summed E-state index contributed by atoms with van der Waals surface area (Å²) < 4.78 is 55.4. The molecule has 0 spiro atoms. The van der Waals surface area contributed by atoms with Crippen molar-refractivity contribution in [2.75, 3.05) is 76.5 Å². The molecular formula is C39H48F3N7O7. The van der Waals surface area contributed by atoms with E-state index in [-0.39, 0.29) is 47.9 Å². The first kappa shape index (κ1) is 43.5. The van der Waals surface area contributed by atoms with Crippen LogP contribution in [0.25, 0.3) is 0 Å². The monoisotopic (exact) mass is 783 g/mol. The number of aliphatic imine (C=N–C) groups is 2. The molecule has 1 aliphatic heterocycles. The number of amides is 2. The molecule has 2 heterocycles. The molecule has 0 saturated carbocycles. The summed E-state index contributed by atoms with van der Waals surface area (Å²) in [6.45, 7) is 4.66. The number of hydrogen-bond acceptors (Lipinski definition) is 10. The van der Waals surface area contributed by atoms with Gasteiger partial charge in [0.1, 0.15) is 11.5 Å². The van der Waals surface area contributed by atoms with E-state index in [1.165, 1.54) is 18.3 Å². The van der Waals surface area contributed by atoms with E-state index in [2.05, 4.69) is 25.2 Å². The minimum Gasteiger partial charge on any atom is -0.481 e. The average molecular weight is 784 g/mol. The van der Waals surface area contributed by atoms with Crippen molar-refractivity contribution in [3.63, 3.8) is 0 Å². The number of nitrogens with two attached hydrogens (primary N) is 1. The van der Waals surface area contributed by atoms with Crippen LogP contribution in [0.4, 0.5) is 30.2 Å². The van der Waals surface area contributed by atoms with Crippen molar-refractivity contribution >= 4 is 46.9 Å². The van der Waals surface area contributed by atoms with E-state index in [1.54, 1.807) is 30.3 Å². The molecule has 14 nitrogen and oxygen atoms in total. The lowest BCUT2D eigenvalue weighted by Crippen LogP contribution is -2.29. The maximum absolute atomic E-state index is 13.6. The third-order valence-electron chi connectivity index (χ3n) is 8.46. The fourth-order valence-corrected chi connectivity index (χ4v) is 5.57.